The number of nitrogens with zero attached hydrogens (tertiary/aromatic N) is 2. The van der Waals surface area contributed by atoms with E-state index in [0.29, 0.717) is 6.42 Å². The van der Waals surface area contributed by atoms with Crippen LogP contribution >= 0.6 is 0 Å². The van der Waals surface area contributed by atoms with E-state index in [0.717, 1.165) is 51.6 Å². The van der Waals surface area contributed by atoms with E-state index in [1.165, 1.54) is 0 Å². The number of rotatable bonds is 9. The maximum atomic E-state index is 13.1. The third-order valence-corrected chi connectivity index (χ3v) is 6.30. The molecule has 0 spiro atoms. The zero-order valence-electron chi connectivity index (χ0n) is 22.5. The summed E-state index contributed by atoms with van der Waals surface area (Å²) < 4.78 is 26.3. The van der Waals surface area contributed by atoms with Crippen LogP contribution in [0.3, 0.4) is 0 Å². The van der Waals surface area contributed by atoms with Crippen LogP contribution in [0.2, 0.25) is 0 Å². The van der Waals surface area contributed by atoms with Crippen molar-refractivity contribution in [1.29, 1.82) is 0 Å². The minimum atomic E-state index is -2.91. The van der Waals surface area contributed by atoms with E-state index in [1.807, 2.05) is 52.8 Å². The normalized spacial score (nSPS) is 18.2. The summed E-state index contributed by atoms with van der Waals surface area (Å²) in [5, 5.41) is 14.7. The lowest BCUT2D eigenvalue weighted by Crippen LogP contribution is -2.18. The summed E-state index contributed by atoms with van der Waals surface area (Å²) in [4.78, 5) is 20.8. The van der Waals surface area contributed by atoms with Gasteiger partial charge >= 0.3 is 0 Å². The molecule has 204 valence electrons. The van der Waals surface area contributed by atoms with Crippen LogP contribution in [0, 0.1) is 5.92 Å². The molecular formula is C30H43F2N3O2. The number of anilines is 1. The second kappa shape index (κ2) is 14.1. The number of aliphatic hydroxyl groups is 1. The maximum absolute atomic E-state index is 13.1. The first-order valence-corrected chi connectivity index (χ1v) is 12.8. The smallest absolute Gasteiger partial charge is 0.260 e. The number of fused-ring (bicyclic) bond motifs is 1. The number of amides is 1. The summed E-state index contributed by atoms with van der Waals surface area (Å²) >= 11 is 0. The number of halogens is 2. The van der Waals surface area contributed by atoms with Crippen LogP contribution in [0.4, 0.5) is 14.6 Å². The lowest BCUT2D eigenvalue weighted by molar-refractivity contribution is -0.119. The fourth-order valence-electron chi connectivity index (χ4n) is 3.99. The standard InChI is InChI=1S/C27H33F2N3O2.C2H6.CH4/c1-6-9-24(33)21(16(4)7-2)10-17(5)20(8-3)23-11-18-15-31-25(12-19(18)14-30-23)32-26(34)22-13-27(22,28)29;1-2;/h8,10-12,14-15,22,24,33H,6-7,9,13H2,1-5H3,(H,31,32,34);1-2H3;1H4/b17-10-,20-8+,21-16?;;. The quantitative estimate of drug-likeness (QED) is 0.331. The fraction of sp³-hybridized carbons (Fsp3) is 0.500. The second-order valence-corrected chi connectivity index (χ2v) is 8.92. The highest BCUT2D eigenvalue weighted by molar-refractivity contribution is 5.96. The summed E-state index contributed by atoms with van der Waals surface area (Å²) in [6.45, 7) is 14.1. The molecule has 7 heteroatoms. The van der Waals surface area contributed by atoms with Gasteiger partial charge in [0.2, 0.25) is 5.91 Å². The molecule has 2 aromatic rings. The third kappa shape index (κ3) is 8.03. The number of carbonyl (C=O) groups excluding carboxylic acids is 1. The Morgan fingerprint density at radius 1 is 1.19 bits per heavy atom. The summed E-state index contributed by atoms with van der Waals surface area (Å²) in [6.07, 6.45) is 8.87. The summed E-state index contributed by atoms with van der Waals surface area (Å²) in [6, 6.07) is 3.54. The molecule has 2 N–H and O–H groups in total. The van der Waals surface area contributed by atoms with Gasteiger partial charge in [-0.2, -0.15) is 0 Å². The van der Waals surface area contributed by atoms with Crippen LogP contribution < -0.4 is 5.32 Å². The molecule has 1 fully saturated rings. The predicted molar refractivity (Wildman–Crippen MR) is 151 cm³/mol. The molecule has 0 bridgehead atoms. The Morgan fingerprint density at radius 2 is 1.78 bits per heavy atom. The van der Waals surface area contributed by atoms with E-state index < -0.39 is 30.3 Å². The Morgan fingerprint density at radius 3 is 2.32 bits per heavy atom. The number of pyridine rings is 2. The Kier molecular flexibility index (Phi) is 12.3. The second-order valence-electron chi connectivity index (χ2n) is 8.92. The number of hydrogen-bond donors (Lipinski definition) is 2. The van der Waals surface area contributed by atoms with Gasteiger partial charge in [0.25, 0.3) is 5.92 Å². The first kappa shape index (κ1) is 32.1. The highest BCUT2D eigenvalue weighted by atomic mass is 19.3. The van der Waals surface area contributed by atoms with E-state index in [9.17, 15) is 18.7 Å². The van der Waals surface area contributed by atoms with Crippen molar-refractivity contribution in [3.63, 3.8) is 0 Å². The summed E-state index contributed by atoms with van der Waals surface area (Å²) in [5.74, 6) is -4.67. The molecule has 1 aliphatic rings. The predicted octanol–water partition coefficient (Wildman–Crippen LogP) is 8.12. The van der Waals surface area contributed by atoms with Crippen LogP contribution in [-0.4, -0.2) is 33.0 Å². The maximum Gasteiger partial charge on any atom is 0.260 e. The molecule has 2 atom stereocenters. The minimum Gasteiger partial charge on any atom is -0.388 e. The van der Waals surface area contributed by atoms with Gasteiger partial charge < -0.3 is 10.4 Å². The molecule has 3 rings (SSSR count). The number of nitrogens with one attached hydrogen (secondary N) is 1. The molecule has 1 aliphatic carbocycles. The lowest BCUT2D eigenvalue weighted by atomic mass is 9.93. The van der Waals surface area contributed by atoms with Crippen molar-refractivity contribution in [2.45, 2.75) is 93.6 Å². The monoisotopic (exact) mass is 515 g/mol. The highest BCUT2D eigenvalue weighted by Gasteiger charge is 2.61. The van der Waals surface area contributed by atoms with Crippen LogP contribution in [0.1, 0.15) is 87.3 Å². The van der Waals surface area contributed by atoms with Gasteiger partial charge in [-0.15, -0.1) is 0 Å². The van der Waals surface area contributed by atoms with Gasteiger partial charge in [0.1, 0.15) is 11.7 Å². The van der Waals surface area contributed by atoms with Crippen molar-refractivity contribution < 1.29 is 18.7 Å². The third-order valence-electron chi connectivity index (χ3n) is 6.30. The number of allylic oxidation sites excluding steroid dienone is 4. The molecule has 2 heterocycles. The molecule has 0 aromatic carbocycles. The Hall–Kier alpha value is -2.93. The topological polar surface area (TPSA) is 75.1 Å². The number of aliphatic hydroxyl groups excluding tert-OH is 1. The SMILES string of the molecule is C.C/C=C(\C(C)=C/C(=C(C)CC)C(O)CCC)c1cc2cnc(NC(=O)C3CC3(F)F)cc2cn1.CC. The first-order valence-electron chi connectivity index (χ1n) is 12.8. The molecule has 2 unspecified atom stereocenters. The summed E-state index contributed by atoms with van der Waals surface area (Å²) in [5.41, 5.74) is 4.81. The molecule has 37 heavy (non-hydrogen) atoms. The molecule has 0 saturated heterocycles. The van der Waals surface area contributed by atoms with Crippen LogP contribution in [0.25, 0.3) is 16.3 Å². The number of hydrogen-bond acceptors (Lipinski definition) is 4. The van der Waals surface area contributed by atoms with Crippen LogP contribution in [0.5, 0.6) is 0 Å². The van der Waals surface area contributed by atoms with Gasteiger partial charge in [-0.05, 0) is 62.5 Å². The minimum absolute atomic E-state index is 0. The Balaban J connectivity index is 0.00000223. The fourth-order valence-corrected chi connectivity index (χ4v) is 3.99. The largest absolute Gasteiger partial charge is 0.388 e. The highest BCUT2D eigenvalue weighted by Crippen LogP contribution is 2.49. The lowest BCUT2D eigenvalue weighted by Gasteiger charge is -2.17. The van der Waals surface area contributed by atoms with Crippen LogP contribution in [-0.2, 0) is 4.79 Å². The molecule has 0 aliphatic heterocycles. The molecule has 1 amide bonds. The van der Waals surface area contributed by atoms with E-state index in [-0.39, 0.29) is 13.2 Å². The van der Waals surface area contributed by atoms with E-state index in [1.54, 1.807) is 18.5 Å². The van der Waals surface area contributed by atoms with Crippen molar-refractivity contribution in [2.75, 3.05) is 5.32 Å². The van der Waals surface area contributed by atoms with Gasteiger partial charge in [0.05, 0.1) is 11.8 Å². The van der Waals surface area contributed by atoms with Crippen molar-refractivity contribution >= 4 is 28.1 Å². The first-order chi connectivity index (χ1) is 17.1. The van der Waals surface area contributed by atoms with E-state index in [4.69, 9.17) is 0 Å². The molecule has 5 nitrogen and oxygen atoms in total. The van der Waals surface area contributed by atoms with E-state index >= 15 is 0 Å². The number of carbonyl (C=O) groups is 1. The number of alkyl halides is 2. The average Bonchev–Trinajstić information content (AvgIpc) is 3.52. The van der Waals surface area contributed by atoms with Crippen molar-refractivity contribution in [1.82, 2.24) is 9.97 Å². The van der Waals surface area contributed by atoms with Gasteiger partial charge in [0, 0.05) is 29.6 Å². The van der Waals surface area contributed by atoms with Crippen LogP contribution in [0.15, 0.2) is 53.4 Å². The molecule has 0 radical (unpaired) electrons. The zero-order chi connectivity index (χ0) is 27.0. The Bertz CT molecular complexity index is 1170. The zero-order valence-corrected chi connectivity index (χ0v) is 22.5. The van der Waals surface area contributed by atoms with Gasteiger partial charge in [-0.3, -0.25) is 9.78 Å². The molecule has 1 saturated carbocycles. The molecular weight excluding hydrogens is 472 g/mol. The molecule has 2 aromatic heterocycles. The van der Waals surface area contributed by atoms with Gasteiger partial charge in [0.15, 0.2) is 0 Å². The van der Waals surface area contributed by atoms with Crippen molar-refractivity contribution in [3.05, 3.63) is 59.1 Å². The van der Waals surface area contributed by atoms with Gasteiger partial charge in [-0.1, -0.05) is 59.3 Å². The Labute approximate surface area is 220 Å². The summed E-state index contributed by atoms with van der Waals surface area (Å²) in [7, 11) is 0. The van der Waals surface area contributed by atoms with Gasteiger partial charge in [-0.25, -0.2) is 13.8 Å². The van der Waals surface area contributed by atoms with E-state index in [2.05, 4.69) is 29.1 Å². The number of aromatic nitrogens is 2. The van der Waals surface area contributed by atoms with Crippen molar-refractivity contribution in [3.8, 4) is 0 Å². The average molecular weight is 516 g/mol. The van der Waals surface area contributed by atoms with Crippen molar-refractivity contribution in [2.24, 2.45) is 5.92 Å².